The molecule has 0 atom stereocenters. The Balaban J connectivity index is 1.94. The van der Waals surface area contributed by atoms with Crippen LogP contribution in [0.25, 0.3) is 11.3 Å². The molecule has 1 N–H and O–H groups in total. The molecule has 2 aromatic carbocycles. The fourth-order valence-corrected chi connectivity index (χ4v) is 3.38. The molecule has 4 rings (SSSR count). The molecule has 0 spiro atoms. The zero-order valence-electron chi connectivity index (χ0n) is 15.5. The zero-order chi connectivity index (χ0) is 19.7. The van der Waals surface area contributed by atoms with Crippen LogP contribution in [0.4, 0.5) is 11.4 Å². The van der Waals surface area contributed by atoms with Crippen molar-refractivity contribution in [1.29, 1.82) is 0 Å². The Labute approximate surface area is 168 Å². The van der Waals surface area contributed by atoms with E-state index < -0.39 is 0 Å². The van der Waals surface area contributed by atoms with Crippen LogP contribution in [-0.2, 0) is 6.54 Å². The van der Waals surface area contributed by atoms with Gasteiger partial charge in [0.05, 0.1) is 16.3 Å². The molecule has 5 nitrogen and oxygen atoms in total. The van der Waals surface area contributed by atoms with Crippen molar-refractivity contribution < 1.29 is 4.79 Å². The molecule has 1 saturated carbocycles. The normalized spacial score (nSPS) is 13.4. The second-order valence-electron chi connectivity index (χ2n) is 7.06. The van der Waals surface area contributed by atoms with Gasteiger partial charge >= 0.3 is 0 Å². The summed E-state index contributed by atoms with van der Waals surface area (Å²) >= 11 is 6.28. The molecule has 1 aliphatic rings. The van der Waals surface area contributed by atoms with Gasteiger partial charge in [-0.1, -0.05) is 54.1 Å². The molecule has 0 saturated heterocycles. The molecule has 3 aromatic rings. The number of carbonyl (C=O) groups excluding carboxylic acids is 1. The Morgan fingerprint density at radius 2 is 1.82 bits per heavy atom. The number of rotatable bonds is 6. The van der Waals surface area contributed by atoms with Crippen LogP contribution in [0.2, 0.25) is 5.02 Å². The van der Waals surface area contributed by atoms with Gasteiger partial charge in [-0.3, -0.25) is 9.59 Å². The van der Waals surface area contributed by atoms with Crippen LogP contribution in [0.1, 0.15) is 30.1 Å². The van der Waals surface area contributed by atoms with E-state index in [1.54, 1.807) is 12.1 Å². The minimum absolute atomic E-state index is 0.218. The molecule has 0 bridgehead atoms. The van der Waals surface area contributed by atoms with Crippen LogP contribution in [-0.4, -0.2) is 15.6 Å². The lowest BCUT2D eigenvalue weighted by Crippen LogP contribution is -2.29. The molecule has 142 valence electrons. The quantitative estimate of drug-likeness (QED) is 0.604. The second kappa shape index (κ2) is 7.60. The number of benzene rings is 2. The third kappa shape index (κ3) is 3.71. The number of aromatic nitrogens is 2. The molecular formula is C22H20ClN3O2. The van der Waals surface area contributed by atoms with Gasteiger partial charge in [0.1, 0.15) is 11.4 Å². The monoisotopic (exact) mass is 393 g/mol. The third-order valence-electron chi connectivity index (χ3n) is 4.82. The first-order valence-corrected chi connectivity index (χ1v) is 9.65. The number of nitrogens with zero attached hydrogens (tertiary/aromatic N) is 2. The van der Waals surface area contributed by atoms with E-state index in [9.17, 15) is 9.59 Å². The largest absolute Gasteiger partial charge is 0.349 e. The van der Waals surface area contributed by atoms with Gasteiger partial charge in [-0.2, -0.15) is 5.10 Å². The molecule has 1 aliphatic carbocycles. The van der Waals surface area contributed by atoms with Gasteiger partial charge in [-0.25, -0.2) is 4.68 Å². The van der Waals surface area contributed by atoms with Crippen LogP contribution >= 0.6 is 11.6 Å². The molecule has 0 unspecified atom stereocenters. The van der Waals surface area contributed by atoms with Crippen molar-refractivity contribution in [3.63, 3.8) is 0 Å². The first kappa shape index (κ1) is 18.4. The highest BCUT2D eigenvalue weighted by atomic mass is 35.5. The van der Waals surface area contributed by atoms with Gasteiger partial charge in [-0.05, 0) is 37.8 Å². The molecule has 0 radical (unpaired) electrons. The second-order valence-corrected chi connectivity index (χ2v) is 7.46. The van der Waals surface area contributed by atoms with Crippen molar-refractivity contribution in [2.45, 2.75) is 26.3 Å². The fourth-order valence-electron chi connectivity index (χ4n) is 3.19. The maximum atomic E-state index is 13.2. The summed E-state index contributed by atoms with van der Waals surface area (Å²) in [5.41, 5.74) is 2.06. The average molecular weight is 394 g/mol. The van der Waals surface area contributed by atoms with Crippen molar-refractivity contribution in [2.24, 2.45) is 5.92 Å². The first-order valence-electron chi connectivity index (χ1n) is 9.27. The van der Waals surface area contributed by atoms with E-state index in [0.29, 0.717) is 28.9 Å². The Bertz CT molecular complexity index is 1090. The Kier molecular flexibility index (Phi) is 5.01. The van der Waals surface area contributed by atoms with Crippen LogP contribution in [0, 0.1) is 5.92 Å². The summed E-state index contributed by atoms with van der Waals surface area (Å²) in [6, 6.07) is 16.6. The lowest BCUT2D eigenvalue weighted by atomic mass is 10.0. The highest BCUT2D eigenvalue weighted by Gasteiger charge is 2.27. The number of ketones is 1. The number of halogens is 1. The van der Waals surface area contributed by atoms with Gasteiger partial charge in [0.15, 0.2) is 5.78 Å². The summed E-state index contributed by atoms with van der Waals surface area (Å²) in [5.74, 6) is 0.238. The lowest BCUT2D eigenvalue weighted by Gasteiger charge is -2.17. The summed E-state index contributed by atoms with van der Waals surface area (Å²) < 4.78 is 1.48. The summed E-state index contributed by atoms with van der Waals surface area (Å²) in [6.07, 6.45) is 2.19. The van der Waals surface area contributed by atoms with Gasteiger partial charge in [-0.15, -0.1) is 0 Å². The predicted octanol–water partition coefficient (Wildman–Crippen LogP) is 4.92. The van der Waals surface area contributed by atoms with Crippen LogP contribution in [0.15, 0.2) is 59.4 Å². The standard InChI is InChI=1S/C22H20ClN3O2/c1-14(27)19-20(16-7-3-2-4-8-16)25-26(13-15-11-12-15)22(28)21(19)24-18-10-6-5-9-17(18)23/h2-10,15,24H,11-13H2,1H3. The first-order chi connectivity index (χ1) is 13.5. The van der Waals surface area contributed by atoms with Crippen LogP contribution in [0.5, 0.6) is 0 Å². The van der Waals surface area contributed by atoms with E-state index in [0.717, 1.165) is 18.4 Å². The summed E-state index contributed by atoms with van der Waals surface area (Å²) in [4.78, 5) is 25.8. The lowest BCUT2D eigenvalue weighted by molar-refractivity contribution is 0.101. The predicted molar refractivity (Wildman–Crippen MR) is 111 cm³/mol. The van der Waals surface area contributed by atoms with Gasteiger partial charge in [0.2, 0.25) is 0 Å². The Morgan fingerprint density at radius 3 is 2.46 bits per heavy atom. The van der Waals surface area contributed by atoms with Crippen molar-refractivity contribution in [3.05, 3.63) is 75.5 Å². The molecule has 0 amide bonds. The number of hydrogen-bond donors (Lipinski definition) is 1. The van der Waals surface area contributed by atoms with E-state index >= 15 is 0 Å². The van der Waals surface area contributed by atoms with Crippen molar-refractivity contribution >= 4 is 28.8 Å². The topological polar surface area (TPSA) is 64.0 Å². The van der Waals surface area contributed by atoms with Crippen molar-refractivity contribution in [2.75, 3.05) is 5.32 Å². The van der Waals surface area contributed by atoms with E-state index in [1.165, 1.54) is 11.6 Å². The van der Waals surface area contributed by atoms with Crippen molar-refractivity contribution in [3.8, 4) is 11.3 Å². The van der Waals surface area contributed by atoms with Crippen LogP contribution < -0.4 is 10.9 Å². The highest BCUT2D eigenvalue weighted by molar-refractivity contribution is 6.33. The molecule has 1 fully saturated rings. The Hall–Kier alpha value is -2.92. The molecule has 1 heterocycles. The molecule has 6 heteroatoms. The number of para-hydroxylation sites is 1. The number of carbonyl (C=O) groups is 1. The molecule has 0 aliphatic heterocycles. The SMILES string of the molecule is CC(=O)c1c(-c2ccccc2)nn(CC2CC2)c(=O)c1Nc1ccccc1Cl. The van der Waals surface area contributed by atoms with Gasteiger partial charge in [0.25, 0.3) is 5.56 Å². The van der Waals surface area contributed by atoms with Crippen LogP contribution in [0.3, 0.4) is 0 Å². The van der Waals surface area contributed by atoms with E-state index in [4.69, 9.17) is 11.6 Å². The number of nitrogens with one attached hydrogen (secondary N) is 1. The summed E-state index contributed by atoms with van der Waals surface area (Å²) in [6.45, 7) is 2.00. The molecule has 1 aromatic heterocycles. The molecule has 28 heavy (non-hydrogen) atoms. The Morgan fingerprint density at radius 1 is 1.14 bits per heavy atom. The third-order valence-corrected chi connectivity index (χ3v) is 5.15. The minimum Gasteiger partial charge on any atom is -0.349 e. The number of anilines is 2. The van der Waals surface area contributed by atoms with E-state index in [1.807, 2.05) is 42.5 Å². The summed E-state index contributed by atoms with van der Waals surface area (Å²) in [7, 11) is 0. The highest BCUT2D eigenvalue weighted by Crippen LogP contribution is 2.32. The number of hydrogen-bond acceptors (Lipinski definition) is 4. The van der Waals surface area contributed by atoms with E-state index in [2.05, 4.69) is 10.4 Å². The average Bonchev–Trinajstić information content (AvgIpc) is 3.51. The molecular weight excluding hydrogens is 374 g/mol. The smallest absolute Gasteiger partial charge is 0.291 e. The zero-order valence-corrected chi connectivity index (χ0v) is 16.2. The van der Waals surface area contributed by atoms with Crippen molar-refractivity contribution in [1.82, 2.24) is 9.78 Å². The summed E-state index contributed by atoms with van der Waals surface area (Å²) in [5, 5.41) is 8.16. The van der Waals surface area contributed by atoms with Gasteiger partial charge < -0.3 is 5.32 Å². The maximum Gasteiger partial charge on any atom is 0.291 e. The van der Waals surface area contributed by atoms with E-state index in [-0.39, 0.29) is 22.6 Å². The maximum absolute atomic E-state index is 13.2. The van der Waals surface area contributed by atoms with Gasteiger partial charge in [0, 0.05) is 12.1 Å². The number of Topliss-reactive ketones (excluding diaryl/α,β-unsaturated/α-hetero) is 1. The fraction of sp³-hybridized carbons (Fsp3) is 0.227. The minimum atomic E-state index is -0.309.